The van der Waals surface area contributed by atoms with Gasteiger partial charge in [0.15, 0.2) is 0 Å². The molecule has 8 nitrogen and oxygen atoms in total. The normalized spacial score (nSPS) is 15.8. The molecule has 1 saturated carbocycles. The molecule has 1 rings (SSSR count). The van der Waals surface area contributed by atoms with Crippen LogP contribution in [-0.2, 0) is 24.0 Å². The average Bonchev–Trinajstić information content (AvgIpc) is 3.17. The Morgan fingerprint density at radius 2 is 0.786 bits per heavy atom. The maximum absolute atomic E-state index is 11.5. The van der Waals surface area contributed by atoms with E-state index in [0.29, 0.717) is 16.9 Å². The van der Waals surface area contributed by atoms with E-state index in [1.54, 1.807) is 6.92 Å². The molecule has 0 atom stereocenters. The number of carbonyl (C=O) groups is 3. The lowest BCUT2D eigenvalue weighted by Gasteiger charge is -2.36. The zero-order valence-electron chi connectivity index (χ0n) is 37.6. The fourth-order valence-corrected chi connectivity index (χ4v) is 7.60. The number of carbonyl (C=O) groups excluding carboxylic acids is 2. The van der Waals surface area contributed by atoms with Gasteiger partial charge in [0.2, 0.25) is 0 Å². The topological polar surface area (TPSA) is 108 Å². The van der Waals surface area contributed by atoms with Crippen LogP contribution in [0.2, 0.25) is 0 Å². The molecule has 0 aromatic carbocycles. The van der Waals surface area contributed by atoms with Gasteiger partial charge >= 0.3 is 18.3 Å². The minimum Gasteiger partial charge on any atom is -0.478 e. The molecule has 0 aliphatic heterocycles. The van der Waals surface area contributed by atoms with Crippen molar-refractivity contribution >= 4 is 18.3 Å². The van der Waals surface area contributed by atoms with Crippen molar-refractivity contribution in [2.75, 3.05) is 13.2 Å². The molecule has 0 amide bonds. The number of hydrogen-bond donors (Lipinski definition) is 1. The van der Waals surface area contributed by atoms with Crippen molar-refractivity contribution in [3.8, 4) is 0 Å². The average molecular weight is 795 g/mol. The van der Waals surface area contributed by atoms with Gasteiger partial charge < -0.3 is 14.6 Å². The second kappa shape index (κ2) is 38.3. The highest BCUT2D eigenvalue weighted by atomic mass is 17.3. The molecule has 1 aliphatic rings. The van der Waals surface area contributed by atoms with Crippen LogP contribution in [0.15, 0.2) is 11.6 Å². The Hall–Kier alpha value is -2.25. The van der Waals surface area contributed by atoms with Crippen LogP contribution >= 0.6 is 0 Å². The molecule has 0 bridgehead atoms. The Bertz CT molecular complexity index is 901. The molecule has 0 spiro atoms. The predicted molar refractivity (Wildman–Crippen MR) is 232 cm³/mol. The van der Waals surface area contributed by atoms with Crippen molar-refractivity contribution in [3.05, 3.63) is 11.6 Å². The fraction of sp³-hybridized carbons (Fsp3) is 0.896. The van der Waals surface area contributed by atoms with E-state index < -0.39 is 18.3 Å². The molecule has 0 unspecified atom stereocenters. The molecule has 1 N–H and O–H groups in total. The molecule has 0 aromatic heterocycles. The first-order valence-corrected chi connectivity index (χ1v) is 23.6. The standard InChI is InChI=1S/C34H66O6.C14H24O2/c1-3-5-7-9-11-13-15-17-19-21-23-25-27-29-31-37-33(35)39-40-34(36)38-32-30-28-26-24-22-20-18-16-14-12-10-8-6-4-2;1-10(13(15)16)9-11-5-7-12(8-6-11)14(2,3)4/h3-32H2,1-2H3;9,11-12H,5-8H2,1-4H3,(H,15,16). The Labute approximate surface area is 345 Å². The molecule has 0 saturated heterocycles. The predicted octanol–water partition coefficient (Wildman–Crippen LogP) is 16.0. The third-order valence-corrected chi connectivity index (χ3v) is 11.4. The summed E-state index contributed by atoms with van der Waals surface area (Å²) in [5.74, 6) is 0.495. The number of aliphatic carboxylic acids is 1. The van der Waals surface area contributed by atoms with Crippen molar-refractivity contribution in [3.63, 3.8) is 0 Å². The van der Waals surface area contributed by atoms with E-state index in [9.17, 15) is 14.4 Å². The largest absolute Gasteiger partial charge is 0.549 e. The van der Waals surface area contributed by atoms with Gasteiger partial charge in [0.25, 0.3) is 0 Å². The van der Waals surface area contributed by atoms with Crippen LogP contribution in [0.4, 0.5) is 9.59 Å². The van der Waals surface area contributed by atoms with E-state index >= 15 is 0 Å². The van der Waals surface area contributed by atoms with Crippen LogP contribution in [0.3, 0.4) is 0 Å². The summed E-state index contributed by atoms with van der Waals surface area (Å²) in [4.78, 5) is 42.5. The smallest absolute Gasteiger partial charge is 0.478 e. The summed E-state index contributed by atoms with van der Waals surface area (Å²) in [7, 11) is 0. The zero-order valence-corrected chi connectivity index (χ0v) is 37.6. The van der Waals surface area contributed by atoms with Crippen molar-refractivity contribution < 1.29 is 38.7 Å². The Kier molecular flexibility index (Phi) is 36.7. The Morgan fingerprint density at radius 1 is 0.500 bits per heavy atom. The van der Waals surface area contributed by atoms with E-state index in [-0.39, 0.29) is 13.2 Å². The van der Waals surface area contributed by atoms with E-state index in [4.69, 9.17) is 14.6 Å². The first-order valence-electron chi connectivity index (χ1n) is 23.6. The van der Waals surface area contributed by atoms with Crippen molar-refractivity contribution in [1.82, 2.24) is 0 Å². The summed E-state index contributed by atoms with van der Waals surface area (Å²) >= 11 is 0. The highest BCUT2D eigenvalue weighted by Crippen LogP contribution is 2.40. The van der Waals surface area contributed by atoms with Gasteiger partial charge in [-0.15, -0.1) is 0 Å². The Balaban J connectivity index is 0.00000156. The highest BCUT2D eigenvalue weighted by molar-refractivity contribution is 5.85. The summed E-state index contributed by atoms with van der Waals surface area (Å²) in [6.45, 7) is 13.7. The Morgan fingerprint density at radius 3 is 1.05 bits per heavy atom. The van der Waals surface area contributed by atoms with Gasteiger partial charge in [0.1, 0.15) is 0 Å². The zero-order chi connectivity index (χ0) is 41.5. The van der Waals surface area contributed by atoms with Gasteiger partial charge in [0, 0.05) is 5.57 Å². The lowest BCUT2D eigenvalue weighted by molar-refractivity contribution is -0.217. The molecule has 0 aromatic rings. The first-order chi connectivity index (χ1) is 27.0. The van der Waals surface area contributed by atoms with Gasteiger partial charge in [-0.2, -0.15) is 19.4 Å². The number of carboxylic acid groups (broad SMARTS) is 1. The SMILES string of the molecule is CC(=CC1CCC(C(C)(C)C)CC1)C(=O)O.CCCCCCCCCCCCCCCCOC(=O)OOC(=O)OCCCCCCCCCCCCCCCC. The summed E-state index contributed by atoms with van der Waals surface area (Å²) in [6.07, 6.45) is 40.3. The number of allylic oxidation sites excluding steroid dienone is 1. The van der Waals surface area contributed by atoms with E-state index in [1.165, 1.54) is 154 Å². The minimum absolute atomic E-state index is 0.272. The second-order valence-electron chi connectivity index (χ2n) is 17.7. The van der Waals surface area contributed by atoms with Gasteiger partial charge in [-0.3, -0.25) is 0 Å². The highest BCUT2D eigenvalue weighted by Gasteiger charge is 2.29. The maximum Gasteiger partial charge on any atom is 0.549 e. The molecular formula is C48H90O8. The number of unbranched alkanes of at least 4 members (excludes halogenated alkanes) is 26. The molecule has 56 heavy (non-hydrogen) atoms. The third kappa shape index (κ3) is 36.1. The van der Waals surface area contributed by atoms with Crippen LogP contribution in [0.1, 0.15) is 247 Å². The van der Waals surface area contributed by atoms with E-state index in [1.807, 2.05) is 6.08 Å². The van der Waals surface area contributed by atoms with Gasteiger partial charge in [-0.05, 0) is 62.7 Å². The maximum atomic E-state index is 11.5. The van der Waals surface area contributed by atoms with Crippen LogP contribution in [0.25, 0.3) is 0 Å². The van der Waals surface area contributed by atoms with E-state index in [0.717, 1.165) is 57.3 Å². The number of carboxylic acids is 1. The van der Waals surface area contributed by atoms with Crippen molar-refractivity contribution in [1.29, 1.82) is 0 Å². The van der Waals surface area contributed by atoms with Crippen LogP contribution in [0.5, 0.6) is 0 Å². The number of rotatable bonds is 32. The van der Waals surface area contributed by atoms with Crippen LogP contribution < -0.4 is 0 Å². The third-order valence-electron chi connectivity index (χ3n) is 11.4. The summed E-state index contributed by atoms with van der Waals surface area (Å²) in [5, 5.41) is 8.83. The molecule has 330 valence electrons. The van der Waals surface area contributed by atoms with Crippen LogP contribution in [-0.4, -0.2) is 36.6 Å². The summed E-state index contributed by atoms with van der Waals surface area (Å²) in [5.41, 5.74) is 0.899. The van der Waals surface area contributed by atoms with E-state index in [2.05, 4.69) is 44.4 Å². The van der Waals surface area contributed by atoms with Gasteiger partial charge in [-0.1, -0.05) is 208 Å². The monoisotopic (exact) mass is 795 g/mol. The second-order valence-corrected chi connectivity index (χ2v) is 17.7. The quantitative estimate of drug-likeness (QED) is 0.0236. The summed E-state index contributed by atoms with van der Waals surface area (Å²) < 4.78 is 9.87. The number of hydrogen-bond acceptors (Lipinski definition) is 7. The van der Waals surface area contributed by atoms with Crippen molar-refractivity contribution in [2.24, 2.45) is 17.3 Å². The molecule has 0 heterocycles. The molecule has 1 aliphatic carbocycles. The van der Waals surface area contributed by atoms with Gasteiger partial charge in [0.05, 0.1) is 13.2 Å². The number of ether oxygens (including phenoxy) is 2. The molecule has 8 heteroatoms. The van der Waals surface area contributed by atoms with Crippen LogP contribution in [0, 0.1) is 17.3 Å². The fourth-order valence-electron chi connectivity index (χ4n) is 7.60. The molecule has 0 radical (unpaired) electrons. The lowest BCUT2D eigenvalue weighted by atomic mass is 9.69. The van der Waals surface area contributed by atoms with Gasteiger partial charge in [-0.25, -0.2) is 4.79 Å². The minimum atomic E-state index is -0.997. The lowest BCUT2D eigenvalue weighted by Crippen LogP contribution is -2.25. The van der Waals surface area contributed by atoms with Crippen molar-refractivity contribution in [2.45, 2.75) is 247 Å². The molecule has 1 fully saturated rings. The summed E-state index contributed by atoms with van der Waals surface area (Å²) in [6, 6.07) is 0. The molecular weight excluding hydrogens is 705 g/mol. The first kappa shape index (κ1) is 53.8.